The number of aliphatic hydroxyl groups is 1. The molecule has 3 N–H and O–H groups in total. The van der Waals surface area contributed by atoms with Crippen molar-refractivity contribution in [3.63, 3.8) is 0 Å². The zero-order valence-corrected chi connectivity index (χ0v) is 71.5. The maximum atomic E-state index is 13.2. The standard InChI is InChI=1S/C87H170O17P2/c1-7-10-12-14-16-18-20-21-22-23-24-25-26-27-28-33-36-40-47-53-59-65-71-86(91)103-82(76-98-85(90)70-64-58-52-46-39-35-32-30-29-31-34-38-43-49-55-61-67-79(4)5)77-101-105(93,94)99-73-81(88)74-100-106(95,96)102-78-83(75-97-84(89)69-63-57-51-45-37-19-17-15-13-11-8-2)104-87(92)72-66-60-54-48-42-41-44-50-56-62-68-80(6)9-3/h79-83,88H,7-78H2,1-6H3,(H,93,94)(H,95,96)/t80?,81-,82-,83-/m1/s1. The monoisotopic (exact) mass is 1550 g/mol. The number of esters is 4. The van der Waals surface area contributed by atoms with Crippen LogP contribution in [0.3, 0.4) is 0 Å². The van der Waals surface area contributed by atoms with Crippen molar-refractivity contribution < 1.29 is 80.2 Å². The normalized spacial score (nSPS) is 14.1. The van der Waals surface area contributed by atoms with Crippen LogP contribution in [0, 0.1) is 11.8 Å². The highest BCUT2D eigenvalue weighted by Gasteiger charge is 2.30. The first-order valence-electron chi connectivity index (χ1n) is 45.0. The quantitative estimate of drug-likeness (QED) is 0.0222. The molecule has 0 amide bonds. The van der Waals surface area contributed by atoms with E-state index in [9.17, 15) is 43.2 Å². The molecule has 0 aliphatic rings. The first-order valence-corrected chi connectivity index (χ1v) is 48.0. The number of carbonyl (C=O) groups excluding carboxylic acids is 4. The number of hydrogen-bond acceptors (Lipinski definition) is 15. The summed E-state index contributed by atoms with van der Waals surface area (Å²) in [5.74, 6) is -0.486. The summed E-state index contributed by atoms with van der Waals surface area (Å²) < 4.78 is 68.9. The minimum Gasteiger partial charge on any atom is -0.462 e. The Bertz CT molecular complexity index is 2030. The van der Waals surface area contributed by atoms with Gasteiger partial charge in [0.1, 0.15) is 19.3 Å². The smallest absolute Gasteiger partial charge is 0.462 e. The molecule has 0 aromatic carbocycles. The fourth-order valence-electron chi connectivity index (χ4n) is 13.6. The van der Waals surface area contributed by atoms with E-state index < -0.39 is 97.5 Å². The van der Waals surface area contributed by atoms with E-state index in [0.29, 0.717) is 25.7 Å². The minimum absolute atomic E-state index is 0.107. The first kappa shape index (κ1) is 104. The Hall–Kier alpha value is -1.94. The van der Waals surface area contributed by atoms with Crippen molar-refractivity contribution in [1.29, 1.82) is 0 Å². The maximum Gasteiger partial charge on any atom is 0.472 e. The number of aliphatic hydroxyl groups excluding tert-OH is 1. The summed E-state index contributed by atoms with van der Waals surface area (Å²) >= 11 is 0. The highest BCUT2D eigenvalue weighted by atomic mass is 31.2. The predicted octanol–water partition coefficient (Wildman–Crippen LogP) is 26.6. The van der Waals surface area contributed by atoms with Crippen LogP contribution in [0.5, 0.6) is 0 Å². The molecule has 0 rings (SSSR count). The summed E-state index contributed by atoms with van der Waals surface area (Å²) in [6, 6.07) is 0. The van der Waals surface area contributed by atoms with Crippen molar-refractivity contribution in [1.82, 2.24) is 0 Å². The molecule has 0 aromatic heterocycles. The molecular formula is C87H170O17P2. The van der Waals surface area contributed by atoms with Gasteiger partial charge in [0.2, 0.25) is 0 Å². The molecule has 0 heterocycles. The largest absolute Gasteiger partial charge is 0.472 e. The molecule has 0 saturated heterocycles. The molecule has 3 unspecified atom stereocenters. The molecule has 17 nitrogen and oxygen atoms in total. The zero-order chi connectivity index (χ0) is 77.8. The third kappa shape index (κ3) is 78.7. The number of rotatable bonds is 86. The highest BCUT2D eigenvalue weighted by Crippen LogP contribution is 2.45. The van der Waals surface area contributed by atoms with E-state index in [0.717, 1.165) is 102 Å². The lowest BCUT2D eigenvalue weighted by molar-refractivity contribution is -0.161. The van der Waals surface area contributed by atoms with Crippen molar-refractivity contribution in [3.05, 3.63) is 0 Å². The number of carbonyl (C=O) groups is 4. The van der Waals surface area contributed by atoms with Crippen LogP contribution >= 0.6 is 15.6 Å². The minimum atomic E-state index is -4.97. The average molecular weight is 1550 g/mol. The summed E-state index contributed by atoms with van der Waals surface area (Å²) in [5, 5.41) is 10.7. The lowest BCUT2D eigenvalue weighted by Gasteiger charge is -2.21. The first-order chi connectivity index (χ1) is 51.4. The fourth-order valence-corrected chi connectivity index (χ4v) is 15.1. The SMILES string of the molecule is CCCCCCCCCCCCCCCCCCCCCCCCC(=O)O[C@H](COC(=O)CCCCCCCCCCCCCCCCCCC(C)C)COP(=O)(O)OC[C@@H](O)COP(=O)(O)OC[C@@H](COC(=O)CCCCCCCCCCCCC)OC(=O)CCCCCCCCCCCCC(C)CC. The van der Waals surface area contributed by atoms with Gasteiger partial charge in [-0.25, -0.2) is 9.13 Å². The molecule has 19 heteroatoms. The van der Waals surface area contributed by atoms with Gasteiger partial charge in [-0.2, -0.15) is 0 Å². The average Bonchev–Trinajstić information content (AvgIpc) is 0.903. The molecule has 630 valence electrons. The number of unbranched alkanes of at least 4 members (excludes halogenated alkanes) is 55. The van der Waals surface area contributed by atoms with Crippen molar-refractivity contribution in [2.24, 2.45) is 11.8 Å². The van der Waals surface area contributed by atoms with E-state index in [4.69, 9.17) is 37.0 Å². The maximum absolute atomic E-state index is 13.2. The number of ether oxygens (including phenoxy) is 4. The van der Waals surface area contributed by atoms with Crippen LogP contribution in [0.1, 0.15) is 465 Å². The van der Waals surface area contributed by atoms with Crippen LogP contribution in [-0.2, 0) is 65.4 Å². The van der Waals surface area contributed by atoms with Crippen LogP contribution in [0.25, 0.3) is 0 Å². The summed E-state index contributed by atoms with van der Waals surface area (Å²) in [6.45, 7) is 9.72. The third-order valence-electron chi connectivity index (χ3n) is 20.8. The summed E-state index contributed by atoms with van der Waals surface area (Å²) in [4.78, 5) is 73.2. The van der Waals surface area contributed by atoms with Gasteiger partial charge < -0.3 is 33.8 Å². The second-order valence-electron chi connectivity index (χ2n) is 32.0. The van der Waals surface area contributed by atoms with Crippen molar-refractivity contribution in [2.45, 2.75) is 484 Å². The van der Waals surface area contributed by atoms with Gasteiger partial charge in [-0.15, -0.1) is 0 Å². The van der Waals surface area contributed by atoms with Crippen molar-refractivity contribution in [3.8, 4) is 0 Å². The third-order valence-corrected chi connectivity index (χ3v) is 22.7. The molecule has 0 aliphatic carbocycles. The molecule has 106 heavy (non-hydrogen) atoms. The Morgan fingerprint density at radius 2 is 0.481 bits per heavy atom. The molecule has 6 atom stereocenters. The van der Waals surface area contributed by atoms with Crippen molar-refractivity contribution >= 4 is 39.5 Å². The second kappa shape index (κ2) is 78.3. The van der Waals surface area contributed by atoms with Gasteiger partial charge in [-0.1, -0.05) is 414 Å². The van der Waals surface area contributed by atoms with Crippen molar-refractivity contribution in [2.75, 3.05) is 39.6 Å². The van der Waals surface area contributed by atoms with Gasteiger partial charge in [-0.05, 0) is 37.5 Å². The molecule has 0 fully saturated rings. The van der Waals surface area contributed by atoms with Gasteiger partial charge in [0.15, 0.2) is 12.2 Å². The van der Waals surface area contributed by atoms with Crippen LogP contribution in [0.15, 0.2) is 0 Å². The predicted molar refractivity (Wildman–Crippen MR) is 437 cm³/mol. The van der Waals surface area contributed by atoms with E-state index in [1.165, 1.54) is 283 Å². The van der Waals surface area contributed by atoms with Crippen LogP contribution < -0.4 is 0 Å². The van der Waals surface area contributed by atoms with E-state index >= 15 is 0 Å². The molecule has 0 aliphatic heterocycles. The molecule has 0 saturated carbocycles. The van der Waals surface area contributed by atoms with Gasteiger partial charge >= 0.3 is 39.5 Å². The fraction of sp³-hybridized carbons (Fsp3) is 0.954. The topological polar surface area (TPSA) is 237 Å². The Morgan fingerprint density at radius 1 is 0.274 bits per heavy atom. The molecular weight excluding hydrogens is 1380 g/mol. The summed E-state index contributed by atoms with van der Waals surface area (Å²) in [6.07, 6.45) is 70.8. The Kier molecular flexibility index (Phi) is 76.9. The lowest BCUT2D eigenvalue weighted by atomic mass is 9.99. The van der Waals surface area contributed by atoms with E-state index in [2.05, 4.69) is 41.5 Å². The van der Waals surface area contributed by atoms with Gasteiger partial charge in [0, 0.05) is 25.7 Å². The number of phosphoric acid groups is 2. The summed E-state index contributed by atoms with van der Waals surface area (Å²) in [7, 11) is -9.93. The number of hydrogen-bond donors (Lipinski definition) is 3. The summed E-state index contributed by atoms with van der Waals surface area (Å²) in [5.41, 5.74) is 0. The second-order valence-corrected chi connectivity index (χ2v) is 34.9. The van der Waals surface area contributed by atoms with E-state index in [1.54, 1.807) is 0 Å². The lowest BCUT2D eigenvalue weighted by Crippen LogP contribution is -2.30. The van der Waals surface area contributed by atoms with Crippen LogP contribution in [-0.4, -0.2) is 96.7 Å². The van der Waals surface area contributed by atoms with Gasteiger partial charge in [0.05, 0.1) is 26.4 Å². The van der Waals surface area contributed by atoms with E-state index in [1.807, 2.05) is 0 Å². The highest BCUT2D eigenvalue weighted by molar-refractivity contribution is 7.47. The molecule has 0 spiro atoms. The zero-order valence-electron chi connectivity index (χ0n) is 69.7. The van der Waals surface area contributed by atoms with E-state index in [-0.39, 0.29) is 25.7 Å². The molecule has 0 bridgehead atoms. The van der Waals surface area contributed by atoms with Crippen LogP contribution in [0.2, 0.25) is 0 Å². The Balaban J connectivity index is 5.23. The Labute approximate surface area is 651 Å². The molecule has 0 radical (unpaired) electrons. The number of phosphoric ester groups is 2. The van der Waals surface area contributed by atoms with Gasteiger partial charge in [0.25, 0.3) is 0 Å². The molecule has 0 aromatic rings. The Morgan fingerprint density at radius 3 is 0.717 bits per heavy atom. The van der Waals surface area contributed by atoms with Crippen LogP contribution in [0.4, 0.5) is 0 Å². The van der Waals surface area contributed by atoms with Gasteiger partial charge in [-0.3, -0.25) is 37.3 Å².